The summed E-state index contributed by atoms with van der Waals surface area (Å²) in [5.41, 5.74) is 9.55. The highest BCUT2D eigenvalue weighted by molar-refractivity contribution is 7.29. The lowest BCUT2D eigenvalue weighted by Gasteiger charge is -2.56. The van der Waals surface area contributed by atoms with Gasteiger partial charge in [0.1, 0.15) is 0 Å². The van der Waals surface area contributed by atoms with Gasteiger partial charge < -0.3 is 8.95 Å². The van der Waals surface area contributed by atoms with E-state index in [0.29, 0.717) is 23.7 Å². The van der Waals surface area contributed by atoms with Crippen molar-refractivity contribution >= 4 is 43.3 Å². The van der Waals surface area contributed by atoms with Crippen LogP contribution in [0.1, 0.15) is 101 Å². The van der Waals surface area contributed by atoms with Crippen molar-refractivity contribution < 1.29 is 0 Å². The molecule has 1 aliphatic heterocycles. The molecule has 0 aromatic heterocycles. The minimum absolute atomic E-state index is 0.0809. The molecule has 0 N–H and O–H groups in total. The van der Waals surface area contributed by atoms with Crippen molar-refractivity contribution in [2.45, 2.75) is 79.1 Å². The summed E-state index contributed by atoms with van der Waals surface area (Å²) in [6.45, 7) is 18.4. The summed E-state index contributed by atoms with van der Waals surface area (Å²) in [4.78, 5) is 0. The number of rotatable bonds is 7. The highest BCUT2D eigenvalue weighted by Crippen LogP contribution is 2.46. The van der Waals surface area contributed by atoms with Crippen LogP contribution < -0.4 is 14.4 Å². The van der Waals surface area contributed by atoms with Crippen LogP contribution in [0.3, 0.4) is 0 Å². The van der Waals surface area contributed by atoms with Gasteiger partial charge in [0.05, 0.1) is 0 Å². The van der Waals surface area contributed by atoms with E-state index in [1.807, 2.05) is 0 Å². The van der Waals surface area contributed by atoms with Gasteiger partial charge in [-0.15, -0.1) is 11.1 Å². The summed E-state index contributed by atoms with van der Waals surface area (Å²) < 4.78 is 5.13. The third-order valence-electron chi connectivity index (χ3n) is 7.15. The first-order chi connectivity index (χ1) is 16.6. The number of hydrogen-bond acceptors (Lipinski definition) is 2. The normalized spacial score (nSPS) is 14.6. The number of benzene rings is 3. The third-order valence-corrected chi connectivity index (χ3v) is 9.98. The molecule has 2 nitrogen and oxygen atoms in total. The second-order valence-corrected chi connectivity index (χ2v) is 13.5. The fraction of sp³-hybridized carbons (Fsp3) is 0.400. The molecule has 1 aliphatic rings. The second-order valence-electron chi connectivity index (χ2n) is 11.0. The van der Waals surface area contributed by atoms with Crippen molar-refractivity contribution in [3.8, 4) is 0 Å². The molecule has 1 heterocycles. The van der Waals surface area contributed by atoms with E-state index in [9.17, 15) is 0 Å². The lowest BCUT2D eigenvalue weighted by atomic mass is 9.65. The van der Waals surface area contributed by atoms with Gasteiger partial charge in [-0.25, -0.2) is 0 Å². The van der Waals surface area contributed by atoms with E-state index in [0.717, 1.165) is 0 Å². The topological polar surface area (TPSA) is 6.48 Å². The van der Waals surface area contributed by atoms with Crippen molar-refractivity contribution in [2.75, 3.05) is 8.95 Å². The molecule has 0 amide bonds. The molecule has 35 heavy (non-hydrogen) atoms. The lowest BCUT2D eigenvalue weighted by molar-refractivity contribution is 0.829. The molecule has 3 aromatic carbocycles. The predicted octanol–water partition coefficient (Wildman–Crippen LogP) is 8.13. The Kier molecular flexibility index (Phi) is 7.73. The molecular formula is C30H39BClN2Si. The number of hydrogen-bond donors (Lipinski definition) is 0. The Balaban J connectivity index is 1.97. The molecule has 0 bridgehead atoms. The molecule has 0 aliphatic carbocycles. The zero-order valence-corrected chi connectivity index (χ0v) is 24.3. The van der Waals surface area contributed by atoms with E-state index >= 15 is 0 Å². The number of halogens is 1. The monoisotopic (exact) mass is 501 g/mol. The Hall–Kier alpha value is -2.17. The third kappa shape index (κ3) is 4.68. The van der Waals surface area contributed by atoms with E-state index in [-0.39, 0.29) is 6.98 Å². The SMILES string of the molecule is CC(C)c1cccc(C(C)C)c1N1B(c2ccccc2)N(c2c(C(C)C)cccc2C(C)C)[Si]1Cl. The number of anilines is 2. The summed E-state index contributed by atoms with van der Waals surface area (Å²) >= 11 is 7.56. The largest absolute Gasteiger partial charge is 0.398 e. The van der Waals surface area contributed by atoms with Gasteiger partial charge in [-0.05, 0) is 51.4 Å². The van der Waals surface area contributed by atoms with E-state index in [2.05, 4.69) is 131 Å². The van der Waals surface area contributed by atoms with Gasteiger partial charge in [-0.3, -0.25) is 0 Å². The molecule has 0 saturated carbocycles. The smallest absolute Gasteiger partial charge is 0.391 e. The Morgan fingerprint density at radius 3 is 1.20 bits per heavy atom. The van der Waals surface area contributed by atoms with Gasteiger partial charge in [-0.2, -0.15) is 0 Å². The first-order valence-corrected chi connectivity index (χ1v) is 15.5. The molecule has 0 atom stereocenters. The maximum Gasteiger partial charge on any atom is 0.398 e. The Bertz CT molecular complexity index is 1040. The quantitative estimate of drug-likeness (QED) is 0.238. The second kappa shape index (κ2) is 10.4. The van der Waals surface area contributed by atoms with E-state index in [4.69, 9.17) is 11.1 Å². The predicted molar refractivity (Wildman–Crippen MR) is 158 cm³/mol. The van der Waals surface area contributed by atoms with Gasteiger partial charge in [0, 0.05) is 11.4 Å². The average Bonchev–Trinajstić information content (AvgIpc) is 2.82. The average molecular weight is 502 g/mol. The number of nitrogens with zero attached hydrogens (tertiary/aromatic N) is 2. The molecule has 4 rings (SSSR count). The first-order valence-electron chi connectivity index (χ1n) is 13.1. The Morgan fingerprint density at radius 1 is 0.543 bits per heavy atom. The standard InChI is InChI=1S/C30H39BClN2Si/c1-20(2)25-16-12-17-26(21(3)4)29(25)33-31(24-14-10-9-11-15-24)34(35(33)32)30-27(22(5)6)18-13-19-28(30)23(7)8/h9-23H,1-8H3. The van der Waals surface area contributed by atoms with Crippen LogP contribution in [0.15, 0.2) is 66.7 Å². The fourth-order valence-electron chi connectivity index (χ4n) is 5.31. The van der Waals surface area contributed by atoms with Crippen LogP contribution in [-0.4, -0.2) is 15.4 Å². The first kappa shape index (κ1) is 25.9. The van der Waals surface area contributed by atoms with Gasteiger partial charge in [0.2, 0.25) is 0 Å². The summed E-state index contributed by atoms with van der Waals surface area (Å²) in [5, 5.41) is 0. The van der Waals surface area contributed by atoms with E-state index in [1.54, 1.807) is 0 Å². The molecule has 0 spiro atoms. The van der Waals surface area contributed by atoms with Crippen molar-refractivity contribution in [2.24, 2.45) is 0 Å². The van der Waals surface area contributed by atoms with E-state index in [1.165, 1.54) is 39.1 Å². The van der Waals surface area contributed by atoms with Crippen molar-refractivity contribution in [1.29, 1.82) is 0 Å². The Labute approximate surface area is 219 Å². The molecule has 0 unspecified atom stereocenters. The van der Waals surface area contributed by atoms with E-state index < -0.39 is 8.43 Å². The molecule has 183 valence electrons. The number of para-hydroxylation sites is 2. The van der Waals surface area contributed by atoms with Gasteiger partial charge in [0.25, 0.3) is 0 Å². The molecule has 3 aromatic rings. The molecule has 1 saturated heterocycles. The zero-order chi connectivity index (χ0) is 25.4. The van der Waals surface area contributed by atoms with Crippen LogP contribution >= 0.6 is 11.1 Å². The van der Waals surface area contributed by atoms with Crippen molar-refractivity contribution in [3.63, 3.8) is 0 Å². The Morgan fingerprint density at radius 2 is 0.886 bits per heavy atom. The molecule has 1 radical (unpaired) electrons. The maximum atomic E-state index is 7.56. The van der Waals surface area contributed by atoms with Crippen LogP contribution in [-0.2, 0) is 0 Å². The minimum atomic E-state index is -1.55. The van der Waals surface area contributed by atoms with Gasteiger partial charge in [-0.1, -0.05) is 122 Å². The fourth-order valence-corrected chi connectivity index (χ4v) is 8.25. The minimum Gasteiger partial charge on any atom is -0.391 e. The highest BCUT2D eigenvalue weighted by atomic mass is 35.6. The summed E-state index contributed by atoms with van der Waals surface area (Å²) in [7, 11) is -1.55. The molecular weight excluding hydrogens is 463 g/mol. The molecule has 5 heteroatoms. The highest BCUT2D eigenvalue weighted by Gasteiger charge is 2.55. The van der Waals surface area contributed by atoms with Crippen molar-refractivity contribution in [3.05, 3.63) is 89.0 Å². The zero-order valence-electron chi connectivity index (χ0n) is 22.5. The van der Waals surface area contributed by atoms with Crippen LogP contribution in [0.4, 0.5) is 11.4 Å². The summed E-state index contributed by atoms with van der Waals surface area (Å²) in [5.74, 6) is 1.70. The van der Waals surface area contributed by atoms with Gasteiger partial charge in [0.15, 0.2) is 0 Å². The van der Waals surface area contributed by atoms with Crippen LogP contribution in [0.2, 0.25) is 0 Å². The maximum absolute atomic E-state index is 7.56. The van der Waals surface area contributed by atoms with Gasteiger partial charge >= 0.3 is 15.4 Å². The lowest BCUT2D eigenvalue weighted by Crippen LogP contribution is -2.81. The summed E-state index contributed by atoms with van der Waals surface area (Å²) in [6, 6.07) is 24.5. The van der Waals surface area contributed by atoms with Crippen molar-refractivity contribution in [1.82, 2.24) is 0 Å². The van der Waals surface area contributed by atoms with Crippen LogP contribution in [0.25, 0.3) is 0 Å². The molecule has 1 fully saturated rings. The van der Waals surface area contributed by atoms with Crippen LogP contribution in [0.5, 0.6) is 0 Å². The van der Waals surface area contributed by atoms with Crippen LogP contribution in [0, 0.1) is 0 Å². The summed E-state index contributed by atoms with van der Waals surface area (Å²) in [6.07, 6.45) is 0.